The molecule has 1 aromatic heterocycles. The van der Waals surface area contributed by atoms with Crippen LogP contribution in [0.15, 0.2) is 71.9 Å². The Labute approximate surface area is 188 Å². The number of rotatable bonds is 6. The third-order valence-electron chi connectivity index (χ3n) is 5.57. The molecule has 1 N–H and O–H groups in total. The maximum absolute atomic E-state index is 13.2. The Bertz CT molecular complexity index is 1170. The van der Waals surface area contributed by atoms with Gasteiger partial charge in [-0.05, 0) is 47.7 Å². The van der Waals surface area contributed by atoms with Gasteiger partial charge in [-0.1, -0.05) is 56.3 Å². The predicted octanol–water partition coefficient (Wildman–Crippen LogP) is 4.70. The van der Waals surface area contributed by atoms with Crippen LogP contribution < -0.4 is 10.2 Å². The SMILES string of the molecule is CCc1ccc(C2=Nc3cccnc3N(CC(=O)Nc3ccccc3CC)C(=O)C2)cc1. The number of carbonyl (C=O) groups excluding carboxylic acids is 2. The minimum Gasteiger partial charge on any atom is -0.324 e. The number of nitrogens with zero attached hydrogens (tertiary/aromatic N) is 3. The summed E-state index contributed by atoms with van der Waals surface area (Å²) in [5.41, 5.74) is 5.18. The Hall–Kier alpha value is -3.80. The summed E-state index contributed by atoms with van der Waals surface area (Å²) in [5.74, 6) is -0.0806. The lowest BCUT2D eigenvalue weighted by atomic mass is 10.0. The van der Waals surface area contributed by atoms with E-state index in [2.05, 4.69) is 17.2 Å². The van der Waals surface area contributed by atoms with Gasteiger partial charge in [-0.25, -0.2) is 9.98 Å². The molecule has 0 saturated carbocycles. The van der Waals surface area contributed by atoms with Gasteiger partial charge in [-0.15, -0.1) is 0 Å². The van der Waals surface area contributed by atoms with Gasteiger partial charge in [0.25, 0.3) is 0 Å². The monoisotopic (exact) mass is 426 g/mol. The number of anilines is 2. The van der Waals surface area contributed by atoms with Crippen molar-refractivity contribution in [2.45, 2.75) is 33.1 Å². The van der Waals surface area contributed by atoms with Crippen molar-refractivity contribution in [3.8, 4) is 0 Å². The van der Waals surface area contributed by atoms with Crippen molar-refractivity contribution >= 4 is 34.7 Å². The third-order valence-corrected chi connectivity index (χ3v) is 5.57. The predicted molar refractivity (Wildman–Crippen MR) is 128 cm³/mol. The van der Waals surface area contributed by atoms with Gasteiger partial charge in [0.2, 0.25) is 11.8 Å². The number of carbonyl (C=O) groups is 2. The summed E-state index contributed by atoms with van der Waals surface area (Å²) in [4.78, 5) is 36.6. The molecule has 6 heteroatoms. The van der Waals surface area contributed by atoms with E-state index in [0.717, 1.165) is 29.7 Å². The van der Waals surface area contributed by atoms with Crippen molar-refractivity contribution in [1.82, 2.24) is 4.98 Å². The highest BCUT2D eigenvalue weighted by molar-refractivity contribution is 6.18. The van der Waals surface area contributed by atoms with E-state index in [-0.39, 0.29) is 24.8 Å². The minimum atomic E-state index is -0.272. The molecule has 0 radical (unpaired) electrons. The van der Waals surface area contributed by atoms with E-state index in [1.54, 1.807) is 12.3 Å². The number of aliphatic imine (C=N–C) groups is 1. The molecule has 32 heavy (non-hydrogen) atoms. The minimum absolute atomic E-state index is 0.0979. The average molecular weight is 427 g/mol. The number of para-hydroxylation sites is 1. The van der Waals surface area contributed by atoms with Crippen LogP contribution >= 0.6 is 0 Å². The number of aromatic nitrogens is 1. The Kier molecular flexibility index (Phi) is 6.40. The number of hydrogen-bond acceptors (Lipinski definition) is 4. The molecule has 0 fully saturated rings. The molecule has 6 nitrogen and oxygen atoms in total. The van der Waals surface area contributed by atoms with Crippen molar-refractivity contribution in [2.24, 2.45) is 4.99 Å². The first-order chi connectivity index (χ1) is 15.6. The van der Waals surface area contributed by atoms with Crippen LogP contribution in [-0.2, 0) is 22.4 Å². The van der Waals surface area contributed by atoms with Gasteiger partial charge in [0, 0.05) is 11.9 Å². The number of amides is 2. The summed E-state index contributed by atoms with van der Waals surface area (Å²) in [6, 6.07) is 19.4. The topological polar surface area (TPSA) is 74.7 Å². The van der Waals surface area contributed by atoms with Crippen LogP contribution in [0.25, 0.3) is 0 Å². The molecule has 3 aromatic rings. The van der Waals surface area contributed by atoms with Crippen molar-refractivity contribution in [2.75, 3.05) is 16.8 Å². The van der Waals surface area contributed by atoms with Gasteiger partial charge in [0.1, 0.15) is 12.2 Å². The highest BCUT2D eigenvalue weighted by Gasteiger charge is 2.27. The van der Waals surface area contributed by atoms with Crippen LogP contribution in [-0.4, -0.2) is 29.1 Å². The Balaban J connectivity index is 1.60. The van der Waals surface area contributed by atoms with Crippen LogP contribution in [0.5, 0.6) is 0 Å². The van der Waals surface area contributed by atoms with Crippen molar-refractivity contribution in [3.05, 3.63) is 83.6 Å². The maximum atomic E-state index is 13.2. The highest BCUT2D eigenvalue weighted by atomic mass is 16.2. The number of hydrogen-bond donors (Lipinski definition) is 1. The highest BCUT2D eigenvalue weighted by Crippen LogP contribution is 2.31. The van der Waals surface area contributed by atoms with Crippen molar-refractivity contribution in [3.63, 3.8) is 0 Å². The normalized spacial score (nSPS) is 13.2. The fourth-order valence-electron chi connectivity index (χ4n) is 3.77. The molecule has 0 spiro atoms. The van der Waals surface area contributed by atoms with Crippen LogP contribution in [0.3, 0.4) is 0 Å². The van der Waals surface area contributed by atoms with E-state index in [1.807, 2.05) is 61.5 Å². The molecule has 0 aliphatic carbocycles. The molecule has 0 saturated heterocycles. The molecule has 162 valence electrons. The lowest BCUT2D eigenvalue weighted by Gasteiger charge is -2.21. The van der Waals surface area contributed by atoms with Gasteiger partial charge >= 0.3 is 0 Å². The van der Waals surface area contributed by atoms with Crippen LogP contribution in [0, 0.1) is 0 Å². The number of pyridine rings is 1. The summed E-state index contributed by atoms with van der Waals surface area (Å²) in [5, 5.41) is 2.94. The van der Waals surface area contributed by atoms with Crippen LogP contribution in [0.1, 0.15) is 37.0 Å². The zero-order chi connectivity index (χ0) is 22.5. The molecule has 4 rings (SSSR count). The number of nitrogens with one attached hydrogen (secondary N) is 1. The van der Waals surface area contributed by atoms with Gasteiger partial charge in [-0.2, -0.15) is 0 Å². The zero-order valence-corrected chi connectivity index (χ0v) is 18.3. The smallest absolute Gasteiger partial charge is 0.244 e. The van der Waals surface area contributed by atoms with Crippen LogP contribution in [0.2, 0.25) is 0 Å². The van der Waals surface area contributed by atoms with Crippen molar-refractivity contribution in [1.29, 1.82) is 0 Å². The first kappa shape index (κ1) is 21.4. The van der Waals surface area contributed by atoms with E-state index < -0.39 is 0 Å². The van der Waals surface area contributed by atoms with Crippen molar-refractivity contribution < 1.29 is 9.59 Å². The van der Waals surface area contributed by atoms with E-state index in [1.165, 1.54) is 10.5 Å². The Morgan fingerprint density at radius 3 is 2.53 bits per heavy atom. The molecule has 2 aromatic carbocycles. The van der Waals surface area contributed by atoms with E-state index in [0.29, 0.717) is 17.2 Å². The van der Waals surface area contributed by atoms with Crippen LogP contribution in [0.4, 0.5) is 17.2 Å². The second-order valence-electron chi connectivity index (χ2n) is 7.67. The molecule has 0 atom stereocenters. The van der Waals surface area contributed by atoms with E-state index >= 15 is 0 Å². The van der Waals surface area contributed by atoms with Gasteiger partial charge in [0.05, 0.1) is 12.1 Å². The molecule has 1 aliphatic heterocycles. The molecule has 0 unspecified atom stereocenters. The van der Waals surface area contributed by atoms with Gasteiger partial charge < -0.3 is 5.32 Å². The fraction of sp³-hybridized carbons (Fsp3) is 0.231. The van der Waals surface area contributed by atoms with Gasteiger partial charge in [0.15, 0.2) is 5.82 Å². The zero-order valence-electron chi connectivity index (χ0n) is 18.3. The summed E-state index contributed by atoms with van der Waals surface area (Å²) < 4.78 is 0. The standard InChI is InChI=1S/C26H26N4O2/c1-3-18-11-13-20(14-12-18)23-16-25(32)30(26-22(28-23)10-7-15-27-26)17-24(31)29-21-9-6-5-8-19(21)4-2/h5-15H,3-4,16-17H2,1-2H3,(H,29,31). The second kappa shape index (κ2) is 9.56. The maximum Gasteiger partial charge on any atom is 0.244 e. The molecule has 2 heterocycles. The quantitative estimate of drug-likeness (QED) is 0.621. The Morgan fingerprint density at radius 2 is 1.78 bits per heavy atom. The first-order valence-electron chi connectivity index (χ1n) is 10.9. The first-order valence-corrected chi connectivity index (χ1v) is 10.9. The summed E-state index contributed by atoms with van der Waals surface area (Å²) in [6.07, 6.45) is 3.46. The molecular formula is C26H26N4O2. The fourth-order valence-corrected chi connectivity index (χ4v) is 3.77. The largest absolute Gasteiger partial charge is 0.324 e. The molecule has 2 amide bonds. The van der Waals surface area contributed by atoms with E-state index in [9.17, 15) is 9.59 Å². The summed E-state index contributed by atoms with van der Waals surface area (Å²) in [6.45, 7) is 4.01. The second-order valence-corrected chi connectivity index (χ2v) is 7.67. The number of fused-ring (bicyclic) bond motifs is 1. The summed E-state index contributed by atoms with van der Waals surface area (Å²) >= 11 is 0. The lowest BCUT2D eigenvalue weighted by Crippen LogP contribution is -2.39. The number of aryl methyl sites for hydroxylation is 2. The number of benzene rings is 2. The summed E-state index contributed by atoms with van der Waals surface area (Å²) in [7, 11) is 0. The lowest BCUT2D eigenvalue weighted by molar-refractivity contribution is -0.120. The molecule has 0 bridgehead atoms. The van der Waals surface area contributed by atoms with Gasteiger partial charge in [-0.3, -0.25) is 14.5 Å². The average Bonchev–Trinajstić information content (AvgIpc) is 2.96. The van der Waals surface area contributed by atoms with E-state index in [4.69, 9.17) is 4.99 Å². The molecule has 1 aliphatic rings. The third kappa shape index (κ3) is 4.59. The molecular weight excluding hydrogens is 400 g/mol. The Morgan fingerprint density at radius 1 is 1.00 bits per heavy atom.